The van der Waals surface area contributed by atoms with Crippen molar-refractivity contribution in [3.05, 3.63) is 53.2 Å². The number of anilines is 2. The van der Waals surface area contributed by atoms with E-state index in [9.17, 15) is 0 Å². The van der Waals surface area contributed by atoms with E-state index in [1.165, 1.54) is 16.7 Å². The summed E-state index contributed by atoms with van der Waals surface area (Å²) >= 11 is 0. The van der Waals surface area contributed by atoms with Crippen LogP contribution in [-0.4, -0.2) is 21.1 Å². The maximum atomic E-state index is 4.54. The van der Waals surface area contributed by atoms with Crippen molar-refractivity contribution in [2.75, 3.05) is 11.9 Å². The largest absolute Gasteiger partial charge is 0.323 e. The standard InChI is InChI=1S/C16H17N5/c1-11-6-8-21-15(9-11)19-16(20-21)18-14-4-2-3-12-10-17-7-5-13(12)14/h2-4,6,8-9,17H,5,7,10H2,1H3,(H,18,20). The molecular formula is C16H17N5. The molecule has 0 saturated heterocycles. The van der Waals surface area contributed by atoms with Crippen LogP contribution in [0, 0.1) is 6.92 Å². The third kappa shape index (κ3) is 2.25. The summed E-state index contributed by atoms with van der Waals surface area (Å²) in [5.74, 6) is 0.646. The molecule has 3 heterocycles. The fourth-order valence-electron chi connectivity index (χ4n) is 2.81. The molecule has 1 aromatic carbocycles. The van der Waals surface area contributed by atoms with E-state index < -0.39 is 0 Å². The highest BCUT2D eigenvalue weighted by atomic mass is 15.3. The highest BCUT2D eigenvalue weighted by molar-refractivity contribution is 5.62. The maximum absolute atomic E-state index is 4.54. The summed E-state index contributed by atoms with van der Waals surface area (Å²) in [6.45, 7) is 4.01. The van der Waals surface area contributed by atoms with E-state index in [2.05, 4.69) is 45.8 Å². The van der Waals surface area contributed by atoms with Crippen LogP contribution in [0.3, 0.4) is 0 Å². The molecule has 0 amide bonds. The van der Waals surface area contributed by atoms with Crippen molar-refractivity contribution >= 4 is 17.3 Å². The molecule has 0 radical (unpaired) electrons. The van der Waals surface area contributed by atoms with Crippen molar-refractivity contribution in [2.45, 2.75) is 19.9 Å². The Morgan fingerprint density at radius 1 is 1.29 bits per heavy atom. The number of nitrogens with zero attached hydrogens (tertiary/aromatic N) is 3. The highest BCUT2D eigenvalue weighted by Crippen LogP contribution is 2.25. The van der Waals surface area contributed by atoms with Gasteiger partial charge in [0.15, 0.2) is 5.65 Å². The van der Waals surface area contributed by atoms with Crippen LogP contribution < -0.4 is 10.6 Å². The number of rotatable bonds is 2. The minimum atomic E-state index is 0.646. The van der Waals surface area contributed by atoms with E-state index >= 15 is 0 Å². The van der Waals surface area contributed by atoms with Crippen molar-refractivity contribution in [3.63, 3.8) is 0 Å². The monoisotopic (exact) mass is 279 g/mol. The second-order valence-corrected chi connectivity index (χ2v) is 5.44. The first-order chi connectivity index (χ1) is 10.3. The van der Waals surface area contributed by atoms with Crippen LogP contribution >= 0.6 is 0 Å². The molecule has 5 nitrogen and oxygen atoms in total. The van der Waals surface area contributed by atoms with Crippen molar-refractivity contribution in [2.24, 2.45) is 0 Å². The van der Waals surface area contributed by atoms with Gasteiger partial charge in [-0.1, -0.05) is 12.1 Å². The summed E-state index contributed by atoms with van der Waals surface area (Å²) in [6, 6.07) is 10.4. The Morgan fingerprint density at radius 3 is 3.19 bits per heavy atom. The van der Waals surface area contributed by atoms with Crippen molar-refractivity contribution in [1.29, 1.82) is 0 Å². The fraction of sp³-hybridized carbons (Fsp3) is 0.250. The van der Waals surface area contributed by atoms with Gasteiger partial charge >= 0.3 is 0 Å². The third-order valence-corrected chi connectivity index (χ3v) is 3.88. The molecule has 21 heavy (non-hydrogen) atoms. The Kier molecular flexibility index (Phi) is 2.86. The minimum absolute atomic E-state index is 0.646. The van der Waals surface area contributed by atoms with Gasteiger partial charge in [-0.3, -0.25) is 0 Å². The molecule has 5 heteroatoms. The van der Waals surface area contributed by atoms with E-state index in [0.29, 0.717) is 5.95 Å². The molecule has 1 aliphatic heterocycles. The number of benzene rings is 1. The van der Waals surface area contributed by atoms with Crippen LogP contribution in [-0.2, 0) is 13.0 Å². The molecule has 2 aromatic heterocycles. The zero-order valence-corrected chi connectivity index (χ0v) is 11.9. The van der Waals surface area contributed by atoms with Crippen molar-refractivity contribution in [1.82, 2.24) is 19.9 Å². The first kappa shape index (κ1) is 12.3. The third-order valence-electron chi connectivity index (χ3n) is 3.88. The Labute approximate surface area is 123 Å². The van der Waals surface area contributed by atoms with Crippen LogP contribution in [0.25, 0.3) is 5.65 Å². The molecule has 106 valence electrons. The lowest BCUT2D eigenvalue weighted by Gasteiger charge is -2.20. The molecule has 1 aliphatic rings. The molecule has 0 fully saturated rings. The van der Waals surface area contributed by atoms with E-state index in [-0.39, 0.29) is 0 Å². The summed E-state index contributed by atoms with van der Waals surface area (Å²) in [5, 5.41) is 11.2. The van der Waals surface area contributed by atoms with Gasteiger partial charge in [0.1, 0.15) is 0 Å². The van der Waals surface area contributed by atoms with E-state index in [1.54, 1.807) is 4.52 Å². The van der Waals surface area contributed by atoms with Gasteiger partial charge in [-0.25, -0.2) is 4.52 Å². The van der Waals surface area contributed by atoms with Gasteiger partial charge < -0.3 is 10.6 Å². The van der Waals surface area contributed by atoms with E-state index in [4.69, 9.17) is 0 Å². The smallest absolute Gasteiger partial charge is 0.247 e. The average molecular weight is 279 g/mol. The van der Waals surface area contributed by atoms with Gasteiger partial charge in [-0.15, -0.1) is 5.10 Å². The number of hydrogen-bond donors (Lipinski definition) is 2. The molecule has 2 N–H and O–H groups in total. The average Bonchev–Trinajstić information content (AvgIpc) is 2.89. The molecule has 3 aromatic rings. The summed E-state index contributed by atoms with van der Waals surface area (Å²) < 4.78 is 1.80. The zero-order valence-electron chi connectivity index (χ0n) is 11.9. The van der Waals surface area contributed by atoms with Crippen LogP contribution in [0.2, 0.25) is 0 Å². The van der Waals surface area contributed by atoms with Crippen molar-refractivity contribution in [3.8, 4) is 0 Å². The second kappa shape index (κ2) is 4.86. The SMILES string of the molecule is Cc1ccn2nc(Nc3cccc4c3CCNC4)nc2c1. The lowest BCUT2D eigenvalue weighted by Crippen LogP contribution is -2.24. The van der Waals surface area contributed by atoms with Crippen LogP contribution in [0.15, 0.2) is 36.5 Å². The Hall–Kier alpha value is -2.40. The summed E-state index contributed by atoms with van der Waals surface area (Å²) in [5.41, 5.74) is 5.88. The maximum Gasteiger partial charge on any atom is 0.247 e. The van der Waals surface area contributed by atoms with Gasteiger partial charge in [-0.2, -0.15) is 4.98 Å². The molecule has 0 spiro atoms. The first-order valence-electron chi connectivity index (χ1n) is 7.21. The molecular weight excluding hydrogens is 262 g/mol. The predicted molar refractivity (Wildman–Crippen MR) is 82.9 cm³/mol. The normalized spacial score (nSPS) is 14.1. The molecule has 0 saturated carbocycles. The summed E-state index contributed by atoms with van der Waals surface area (Å²) in [6.07, 6.45) is 2.97. The van der Waals surface area contributed by atoms with Gasteiger partial charge in [0.2, 0.25) is 5.95 Å². The van der Waals surface area contributed by atoms with E-state index in [0.717, 1.165) is 30.8 Å². The number of aryl methyl sites for hydroxylation is 1. The second-order valence-electron chi connectivity index (χ2n) is 5.44. The Morgan fingerprint density at radius 2 is 2.24 bits per heavy atom. The van der Waals surface area contributed by atoms with E-state index in [1.807, 2.05) is 18.3 Å². The zero-order chi connectivity index (χ0) is 14.2. The highest BCUT2D eigenvalue weighted by Gasteiger charge is 2.13. The molecule has 0 bridgehead atoms. The lowest BCUT2D eigenvalue weighted by atomic mass is 9.99. The van der Waals surface area contributed by atoms with Gasteiger partial charge in [0.25, 0.3) is 0 Å². The van der Waals surface area contributed by atoms with Gasteiger partial charge in [0, 0.05) is 18.4 Å². The molecule has 4 rings (SSSR count). The van der Waals surface area contributed by atoms with Gasteiger partial charge in [0.05, 0.1) is 0 Å². The lowest BCUT2D eigenvalue weighted by molar-refractivity contribution is 0.645. The van der Waals surface area contributed by atoms with Gasteiger partial charge in [-0.05, 0) is 54.8 Å². The van der Waals surface area contributed by atoms with Crippen LogP contribution in [0.1, 0.15) is 16.7 Å². The molecule has 0 unspecified atom stereocenters. The number of hydrogen-bond acceptors (Lipinski definition) is 4. The first-order valence-corrected chi connectivity index (χ1v) is 7.21. The number of pyridine rings is 1. The van der Waals surface area contributed by atoms with Crippen molar-refractivity contribution < 1.29 is 0 Å². The topological polar surface area (TPSA) is 54.2 Å². The number of nitrogens with one attached hydrogen (secondary N) is 2. The number of aromatic nitrogens is 3. The van der Waals surface area contributed by atoms with Crippen LogP contribution in [0.5, 0.6) is 0 Å². The minimum Gasteiger partial charge on any atom is -0.323 e. The van der Waals surface area contributed by atoms with Crippen LogP contribution in [0.4, 0.5) is 11.6 Å². The Bertz CT molecular complexity index is 806. The number of fused-ring (bicyclic) bond motifs is 2. The predicted octanol–water partition coefficient (Wildman–Crippen LogP) is 2.43. The fourth-order valence-corrected chi connectivity index (χ4v) is 2.81. The Balaban J connectivity index is 1.71. The molecule has 0 aliphatic carbocycles. The summed E-state index contributed by atoms with van der Waals surface area (Å²) in [4.78, 5) is 4.54. The summed E-state index contributed by atoms with van der Waals surface area (Å²) in [7, 11) is 0. The molecule has 0 atom stereocenters. The quantitative estimate of drug-likeness (QED) is 0.756.